The number of hydrogen-bond acceptors (Lipinski definition) is 9. The number of nitrogens with zero attached hydrogens (tertiary/aromatic N) is 4. The Morgan fingerprint density at radius 1 is 1.13 bits per heavy atom. The van der Waals surface area contributed by atoms with Crippen molar-refractivity contribution < 1.29 is 22.7 Å². The number of oxazole rings is 1. The minimum Gasteiger partial charge on any atom is -0.480 e. The van der Waals surface area contributed by atoms with Crippen LogP contribution in [-0.2, 0) is 14.6 Å². The van der Waals surface area contributed by atoms with E-state index in [0.29, 0.717) is 28.1 Å². The van der Waals surface area contributed by atoms with Crippen LogP contribution in [0.3, 0.4) is 0 Å². The molecule has 0 amide bonds. The molecule has 0 fully saturated rings. The summed E-state index contributed by atoms with van der Waals surface area (Å²) in [5.74, 6) is -0.560. The number of anilines is 1. The van der Waals surface area contributed by atoms with E-state index in [1.807, 2.05) is 25.1 Å². The van der Waals surface area contributed by atoms with Gasteiger partial charge in [-0.3, -0.25) is 14.6 Å². The first-order valence-electron chi connectivity index (χ1n) is 11.3. The van der Waals surface area contributed by atoms with Crippen molar-refractivity contribution in [3.05, 3.63) is 83.2 Å². The molecule has 0 aliphatic carbocycles. The Labute approximate surface area is 216 Å². The largest absolute Gasteiger partial charge is 0.480 e. The fourth-order valence-corrected chi connectivity index (χ4v) is 4.99. The minimum atomic E-state index is -3.80. The summed E-state index contributed by atoms with van der Waals surface area (Å²) in [5.41, 5.74) is 2.38. The van der Waals surface area contributed by atoms with Crippen molar-refractivity contribution in [1.29, 1.82) is 0 Å². The first kappa shape index (κ1) is 24.8. The predicted octanol–water partition coefficient (Wildman–Crippen LogP) is 3.31. The van der Waals surface area contributed by atoms with Gasteiger partial charge in [0.05, 0.1) is 16.8 Å². The van der Waals surface area contributed by atoms with Gasteiger partial charge in [-0.1, -0.05) is 0 Å². The van der Waals surface area contributed by atoms with Gasteiger partial charge in [0, 0.05) is 34.7 Å². The molecule has 38 heavy (non-hydrogen) atoms. The van der Waals surface area contributed by atoms with Crippen LogP contribution in [0.5, 0.6) is 0 Å². The maximum absolute atomic E-state index is 13.6. The standard InChI is InChI=1S/C26H21N5O6S/c1-15-8-16(21-12-27-14-37-21)10-17(9-15)24-19-4-3-7-28-25(19)26(34)31(30-24)20-11-18(29-13-23(32)33)5-6-22(20)38(2,35)36/h3-12,14,29H,13H2,1-2H3,(H,32,33). The summed E-state index contributed by atoms with van der Waals surface area (Å²) in [6.45, 7) is 1.50. The van der Waals surface area contributed by atoms with E-state index in [1.54, 1.807) is 18.3 Å². The van der Waals surface area contributed by atoms with Crippen LogP contribution in [0, 0.1) is 6.92 Å². The van der Waals surface area contributed by atoms with Gasteiger partial charge in [-0.2, -0.15) is 9.78 Å². The fourth-order valence-electron chi connectivity index (χ4n) is 4.15. The molecule has 0 aliphatic heterocycles. The van der Waals surface area contributed by atoms with Crippen molar-refractivity contribution in [1.82, 2.24) is 19.7 Å². The predicted molar refractivity (Wildman–Crippen MR) is 140 cm³/mol. The highest BCUT2D eigenvalue weighted by atomic mass is 32.2. The monoisotopic (exact) mass is 531 g/mol. The Balaban J connectivity index is 1.81. The van der Waals surface area contributed by atoms with Crippen LogP contribution in [0.25, 0.3) is 39.2 Å². The van der Waals surface area contributed by atoms with Crippen molar-refractivity contribution in [2.75, 3.05) is 18.1 Å². The molecular formula is C26H21N5O6S. The Bertz CT molecular complexity index is 1860. The zero-order chi connectivity index (χ0) is 27.0. The number of benzene rings is 2. The van der Waals surface area contributed by atoms with E-state index in [1.165, 1.54) is 30.8 Å². The molecule has 2 aromatic carbocycles. The number of hydrogen-bond donors (Lipinski definition) is 2. The Kier molecular flexibility index (Phi) is 6.25. The second-order valence-electron chi connectivity index (χ2n) is 8.62. The maximum atomic E-state index is 13.6. The zero-order valence-electron chi connectivity index (χ0n) is 20.2. The third kappa shape index (κ3) is 4.76. The summed E-state index contributed by atoms with van der Waals surface area (Å²) in [7, 11) is -3.80. The van der Waals surface area contributed by atoms with Crippen molar-refractivity contribution in [3.63, 3.8) is 0 Å². The number of carbonyl (C=O) groups is 1. The molecule has 0 unspecified atom stereocenters. The second kappa shape index (κ2) is 9.56. The summed E-state index contributed by atoms with van der Waals surface area (Å²) in [5, 5.41) is 16.8. The molecule has 3 heterocycles. The normalized spacial score (nSPS) is 11.5. The molecule has 192 valence electrons. The van der Waals surface area contributed by atoms with Crippen molar-refractivity contribution in [2.24, 2.45) is 0 Å². The SMILES string of the molecule is Cc1cc(-c2cnco2)cc(-c2nn(-c3cc(NCC(=O)O)ccc3S(C)(=O)=O)c(=O)c3ncccc23)c1. The Morgan fingerprint density at radius 3 is 2.63 bits per heavy atom. The van der Waals surface area contributed by atoms with Crippen LogP contribution < -0.4 is 10.9 Å². The lowest BCUT2D eigenvalue weighted by molar-refractivity contribution is -0.134. The first-order chi connectivity index (χ1) is 18.1. The lowest BCUT2D eigenvalue weighted by Gasteiger charge is -2.15. The molecule has 2 N–H and O–H groups in total. The molecule has 0 saturated heterocycles. The summed E-state index contributed by atoms with van der Waals surface area (Å²) < 4.78 is 31.8. The minimum absolute atomic E-state index is 0.0372. The maximum Gasteiger partial charge on any atom is 0.322 e. The van der Waals surface area contributed by atoms with Crippen molar-refractivity contribution >= 4 is 32.4 Å². The van der Waals surface area contributed by atoms with E-state index in [9.17, 15) is 18.0 Å². The number of fused-ring (bicyclic) bond motifs is 1. The summed E-state index contributed by atoms with van der Waals surface area (Å²) >= 11 is 0. The molecule has 5 rings (SSSR count). The van der Waals surface area contributed by atoms with Crippen molar-refractivity contribution in [2.45, 2.75) is 11.8 Å². The van der Waals surface area contributed by atoms with E-state index < -0.39 is 27.9 Å². The summed E-state index contributed by atoms with van der Waals surface area (Å²) in [6.07, 6.45) is 5.40. The number of sulfone groups is 1. The van der Waals surface area contributed by atoms with E-state index in [0.717, 1.165) is 22.1 Å². The lowest BCUT2D eigenvalue weighted by atomic mass is 10.0. The van der Waals surface area contributed by atoms with Crippen LogP contribution >= 0.6 is 0 Å². The van der Waals surface area contributed by atoms with Crippen LogP contribution in [-0.4, -0.2) is 52.0 Å². The lowest BCUT2D eigenvalue weighted by Crippen LogP contribution is -2.25. The van der Waals surface area contributed by atoms with Gasteiger partial charge >= 0.3 is 5.97 Å². The molecule has 0 radical (unpaired) electrons. The topological polar surface area (TPSA) is 157 Å². The van der Waals surface area contributed by atoms with Gasteiger partial charge in [-0.25, -0.2) is 13.4 Å². The highest BCUT2D eigenvalue weighted by molar-refractivity contribution is 7.90. The molecule has 0 saturated carbocycles. The number of aliphatic carboxylic acids is 1. The molecule has 0 aliphatic rings. The number of carboxylic acids is 1. The molecule has 0 bridgehead atoms. The third-order valence-corrected chi connectivity index (χ3v) is 6.90. The van der Waals surface area contributed by atoms with Gasteiger partial charge < -0.3 is 14.8 Å². The number of aryl methyl sites for hydroxylation is 1. The number of carboxylic acid groups (broad SMARTS) is 1. The highest BCUT2D eigenvalue weighted by Gasteiger charge is 2.21. The van der Waals surface area contributed by atoms with Gasteiger partial charge in [0.2, 0.25) is 0 Å². The molecular weight excluding hydrogens is 510 g/mol. The molecule has 3 aromatic heterocycles. The van der Waals surface area contributed by atoms with Crippen LogP contribution in [0.4, 0.5) is 5.69 Å². The zero-order valence-corrected chi connectivity index (χ0v) is 21.1. The van der Waals surface area contributed by atoms with Crippen LogP contribution in [0.2, 0.25) is 0 Å². The quantitative estimate of drug-likeness (QED) is 0.319. The summed E-state index contributed by atoms with van der Waals surface area (Å²) in [4.78, 5) is 32.7. The Morgan fingerprint density at radius 2 is 1.92 bits per heavy atom. The van der Waals surface area contributed by atoms with Gasteiger partial charge in [0.1, 0.15) is 17.8 Å². The fraction of sp³-hybridized carbons (Fsp3) is 0.115. The van der Waals surface area contributed by atoms with E-state index in [2.05, 4.69) is 20.4 Å². The molecule has 5 aromatic rings. The van der Waals surface area contributed by atoms with Crippen LogP contribution in [0.15, 0.2) is 81.4 Å². The number of pyridine rings is 1. The average molecular weight is 532 g/mol. The van der Waals surface area contributed by atoms with Gasteiger partial charge in [-0.15, -0.1) is 0 Å². The first-order valence-corrected chi connectivity index (χ1v) is 13.2. The van der Waals surface area contributed by atoms with E-state index in [-0.39, 0.29) is 16.1 Å². The average Bonchev–Trinajstić information content (AvgIpc) is 3.42. The number of rotatable bonds is 7. The highest BCUT2D eigenvalue weighted by Crippen LogP contribution is 2.31. The molecule has 0 spiro atoms. The van der Waals surface area contributed by atoms with Crippen LogP contribution in [0.1, 0.15) is 5.56 Å². The second-order valence-corrected chi connectivity index (χ2v) is 10.6. The Hall–Kier alpha value is -4.84. The van der Waals surface area contributed by atoms with E-state index in [4.69, 9.17) is 9.52 Å². The molecule has 11 nitrogen and oxygen atoms in total. The number of nitrogens with one attached hydrogen (secondary N) is 1. The third-order valence-electron chi connectivity index (χ3n) is 5.76. The van der Waals surface area contributed by atoms with Gasteiger partial charge in [-0.05, 0) is 61.0 Å². The number of aromatic nitrogens is 4. The summed E-state index contributed by atoms with van der Waals surface area (Å²) in [6, 6.07) is 13.1. The molecule has 0 atom stereocenters. The smallest absolute Gasteiger partial charge is 0.322 e. The van der Waals surface area contributed by atoms with E-state index >= 15 is 0 Å². The van der Waals surface area contributed by atoms with Gasteiger partial charge in [0.15, 0.2) is 22.0 Å². The van der Waals surface area contributed by atoms with Gasteiger partial charge in [0.25, 0.3) is 5.56 Å². The molecule has 12 heteroatoms. The van der Waals surface area contributed by atoms with Crippen molar-refractivity contribution in [3.8, 4) is 28.3 Å².